The number of carbonyl (C=O) groups is 2. The molecule has 1 heterocycles. The molecule has 2 aromatic rings. The Morgan fingerprint density at radius 2 is 1.95 bits per heavy atom. The quantitative estimate of drug-likeness (QED) is 0.390. The van der Waals surface area contributed by atoms with E-state index in [9.17, 15) is 14.7 Å². The van der Waals surface area contributed by atoms with Crippen LogP contribution in [0.2, 0.25) is 0 Å². The fourth-order valence-corrected chi connectivity index (χ4v) is 10.4. The topological polar surface area (TPSA) is 72.8 Å². The predicted octanol–water partition coefficient (Wildman–Crippen LogP) is 6.67. The Morgan fingerprint density at radius 1 is 1.15 bits per heavy atom. The third kappa shape index (κ3) is 4.01. The van der Waals surface area contributed by atoms with Crippen molar-refractivity contribution in [1.29, 1.82) is 0 Å². The molecule has 1 saturated heterocycles. The van der Waals surface area contributed by atoms with Crippen LogP contribution in [0.25, 0.3) is 10.8 Å². The van der Waals surface area contributed by atoms with Gasteiger partial charge in [0.15, 0.2) is 23.5 Å². The summed E-state index contributed by atoms with van der Waals surface area (Å²) in [4.78, 5) is 27.8. The highest BCUT2D eigenvalue weighted by molar-refractivity contribution is 8.00. The molecular formula is C35H40O5S. The van der Waals surface area contributed by atoms with Gasteiger partial charge in [-0.2, -0.15) is 0 Å². The summed E-state index contributed by atoms with van der Waals surface area (Å²) >= 11 is 1.57. The molecule has 0 amide bonds. The molecular weight excluding hydrogens is 532 g/mol. The molecule has 0 radical (unpaired) electrons. The normalized spacial score (nSPS) is 41.0. The summed E-state index contributed by atoms with van der Waals surface area (Å²) < 4.78 is 13.4. The molecule has 0 aromatic heterocycles. The van der Waals surface area contributed by atoms with E-state index < -0.39 is 23.4 Å². The summed E-state index contributed by atoms with van der Waals surface area (Å²) in [6.07, 6.45) is 8.89. The third-order valence-electron chi connectivity index (χ3n) is 11.3. The number of carbonyl (C=O) groups excluding carboxylic acids is 2. The number of benzene rings is 2. The maximum Gasteiger partial charge on any atom is 0.178 e. The number of hydrogen-bond donors (Lipinski definition) is 1. The molecule has 1 aliphatic heterocycles. The van der Waals surface area contributed by atoms with Gasteiger partial charge in [0.1, 0.15) is 0 Å². The van der Waals surface area contributed by atoms with Crippen molar-refractivity contribution in [3.63, 3.8) is 0 Å². The van der Waals surface area contributed by atoms with E-state index in [0.717, 1.165) is 48.0 Å². The molecule has 4 aliphatic carbocycles. The number of hydrogen-bond acceptors (Lipinski definition) is 6. The van der Waals surface area contributed by atoms with Crippen molar-refractivity contribution < 1.29 is 24.2 Å². The zero-order chi connectivity index (χ0) is 28.6. The van der Waals surface area contributed by atoms with Gasteiger partial charge in [0.25, 0.3) is 0 Å². The van der Waals surface area contributed by atoms with Gasteiger partial charge in [-0.1, -0.05) is 69.2 Å². The molecule has 41 heavy (non-hydrogen) atoms. The molecule has 5 aliphatic rings. The van der Waals surface area contributed by atoms with Crippen molar-refractivity contribution in [3.8, 4) is 0 Å². The van der Waals surface area contributed by atoms with E-state index >= 15 is 0 Å². The molecule has 7 rings (SSSR count). The summed E-state index contributed by atoms with van der Waals surface area (Å²) in [7, 11) is 0. The van der Waals surface area contributed by atoms with Crippen LogP contribution >= 0.6 is 11.8 Å². The van der Waals surface area contributed by atoms with Crippen LogP contribution in [0.1, 0.15) is 59.3 Å². The van der Waals surface area contributed by atoms with E-state index in [0.29, 0.717) is 12.2 Å². The minimum atomic E-state index is -1.07. The largest absolute Gasteiger partial charge is 0.393 e. The van der Waals surface area contributed by atoms with Gasteiger partial charge >= 0.3 is 0 Å². The van der Waals surface area contributed by atoms with Crippen molar-refractivity contribution in [3.05, 3.63) is 66.3 Å². The average molecular weight is 573 g/mol. The molecule has 0 bridgehead atoms. The van der Waals surface area contributed by atoms with Crippen LogP contribution in [-0.2, 0) is 19.1 Å². The Balaban J connectivity index is 1.21. The molecule has 6 heteroatoms. The first-order chi connectivity index (χ1) is 19.7. The summed E-state index contributed by atoms with van der Waals surface area (Å²) in [6, 6.07) is 14.6. The number of Topliss-reactive ketones (excluding diaryl/α,β-unsaturated/α-hetero) is 1. The van der Waals surface area contributed by atoms with Gasteiger partial charge in [-0.25, -0.2) is 0 Å². The molecule has 9 atom stereocenters. The van der Waals surface area contributed by atoms with E-state index in [4.69, 9.17) is 9.47 Å². The van der Waals surface area contributed by atoms with Crippen LogP contribution in [0.15, 0.2) is 71.2 Å². The first-order valence-electron chi connectivity index (χ1n) is 15.3. The summed E-state index contributed by atoms with van der Waals surface area (Å²) in [5.74, 6) is 0.860. The molecule has 5 nitrogen and oxygen atoms in total. The van der Waals surface area contributed by atoms with E-state index in [1.54, 1.807) is 23.9 Å². The Labute approximate surface area is 246 Å². The van der Waals surface area contributed by atoms with Crippen LogP contribution in [-0.4, -0.2) is 46.5 Å². The third-order valence-corrected chi connectivity index (χ3v) is 12.3. The predicted molar refractivity (Wildman–Crippen MR) is 160 cm³/mol. The maximum absolute atomic E-state index is 14.5. The zero-order valence-electron chi connectivity index (χ0n) is 24.2. The summed E-state index contributed by atoms with van der Waals surface area (Å²) in [6.45, 7) is 6.49. The number of aliphatic hydroxyl groups excluding tert-OH is 1. The van der Waals surface area contributed by atoms with Crippen molar-refractivity contribution >= 4 is 34.1 Å². The van der Waals surface area contributed by atoms with E-state index in [2.05, 4.69) is 51.1 Å². The Hall–Kier alpha value is -2.25. The number of rotatable bonds is 6. The highest BCUT2D eigenvalue weighted by atomic mass is 32.2. The van der Waals surface area contributed by atoms with Gasteiger partial charge in [-0.3, -0.25) is 9.59 Å². The minimum Gasteiger partial charge on any atom is -0.393 e. The lowest BCUT2D eigenvalue weighted by Crippen LogP contribution is -2.63. The van der Waals surface area contributed by atoms with Crippen LogP contribution < -0.4 is 0 Å². The second-order valence-corrected chi connectivity index (χ2v) is 14.4. The van der Waals surface area contributed by atoms with Gasteiger partial charge in [0.05, 0.1) is 18.0 Å². The van der Waals surface area contributed by atoms with Gasteiger partial charge in [0.2, 0.25) is 0 Å². The van der Waals surface area contributed by atoms with Crippen LogP contribution in [0.3, 0.4) is 0 Å². The van der Waals surface area contributed by atoms with E-state index in [1.807, 2.05) is 18.2 Å². The first kappa shape index (κ1) is 27.6. The standard InChI is InChI=1S/C35H40O5S/c1-4-7-31-39-30-18-27-26-13-11-23-17-24(36)14-15-33(23,2)32(26)28(37)19-34(27,3)35(30,40-31)29(38)20-41-25-12-10-21-8-5-6-9-22(21)16-25/h5-6,8-10,12,14-17,26-28,30-32,37H,4,7,11,13,18-20H2,1-3H3/t26?,27?,28?,30-,31?,32?,33?,34?,35-/m1/s1. The maximum atomic E-state index is 14.5. The highest BCUT2D eigenvalue weighted by Gasteiger charge is 2.75. The Morgan fingerprint density at radius 3 is 2.76 bits per heavy atom. The van der Waals surface area contributed by atoms with Gasteiger partial charge in [-0.15, -0.1) is 11.8 Å². The zero-order valence-corrected chi connectivity index (χ0v) is 25.0. The number of thioether (sulfide) groups is 1. The smallest absolute Gasteiger partial charge is 0.178 e. The second kappa shape index (κ2) is 9.90. The van der Waals surface area contributed by atoms with Crippen LogP contribution in [0.4, 0.5) is 0 Å². The van der Waals surface area contributed by atoms with Crippen LogP contribution in [0.5, 0.6) is 0 Å². The highest BCUT2D eigenvalue weighted by Crippen LogP contribution is 2.69. The lowest BCUT2D eigenvalue weighted by Gasteiger charge is -2.59. The monoisotopic (exact) mass is 572 g/mol. The van der Waals surface area contributed by atoms with Gasteiger partial charge in [-0.05, 0) is 79.0 Å². The van der Waals surface area contributed by atoms with Gasteiger partial charge in [0, 0.05) is 21.6 Å². The number of fused-ring (bicyclic) bond motifs is 8. The molecule has 2 aromatic carbocycles. The fraction of sp³-hybridized carbons (Fsp3) is 0.543. The Bertz CT molecular complexity index is 1460. The average Bonchev–Trinajstić information content (AvgIpc) is 3.44. The minimum absolute atomic E-state index is 0.00863. The number of ether oxygens (including phenoxy) is 2. The molecule has 216 valence electrons. The van der Waals surface area contributed by atoms with Crippen molar-refractivity contribution in [2.75, 3.05) is 5.75 Å². The fourth-order valence-electron chi connectivity index (χ4n) is 9.52. The number of aliphatic hydroxyl groups is 1. The summed E-state index contributed by atoms with van der Waals surface area (Å²) in [5.41, 5.74) is -0.804. The number of ketones is 2. The van der Waals surface area contributed by atoms with Crippen molar-refractivity contribution in [2.45, 2.75) is 88.3 Å². The number of allylic oxidation sites excluding steroid dienone is 4. The molecule has 7 unspecified atom stereocenters. The van der Waals surface area contributed by atoms with Crippen molar-refractivity contribution in [2.24, 2.45) is 28.6 Å². The first-order valence-corrected chi connectivity index (χ1v) is 16.3. The molecule has 0 spiro atoms. The van der Waals surface area contributed by atoms with Crippen LogP contribution in [0, 0.1) is 28.6 Å². The lowest BCUT2D eigenvalue weighted by atomic mass is 9.46. The van der Waals surface area contributed by atoms with Crippen molar-refractivity contribution in [1.82, 2.24) is 0 Å². The summed E-state index contributed by atoms with van der Waals surface area (Å²) in [5, 5.41) is 14.3. The van der Waals surface area contributed by atoms with E-state index in [1.165, 1.54) is 5.39 Å². The van der Waals surface area contributed by atoms with Gasteiger partial charge < -0.3 is 14.6 Å². The molecule has 4 fully saturated rings. The van der Waals surface area contributed by atoms with E-state index in [-0.39, 0.29) is 40.8 Å². The molecule has 3 saturated carbocycles. The molecule has 1 N–H and O–H groups in total. The SMILES string of the molecule is CCCC1O[C@@H]2CC3C4CCC5=CC(=O)C=CC5(C)C4C(O)CC3(C)[C@]2(C(=O)CSc2ccc3ccccc3c2)O1. The lowest BCUT2D eigenvalue weighted by molar-refractivity contribution is -0.197. The Kier molecular flexibility index (Phi) is 6.66. The second-order valence-electron chi connectivity index (χ2n) is 13.4.